The summed E-state index contributed by atoms with van der Waals surface area (Å²) in [5, 5.41) is 0. The van der Waals surface area contributed by atoms with Crippen molar-refractivity contribution in [3.63, 3.8) is 0 Å². The van der Waals surface area contributed by atoms with E-state index in [-0.39, 0.29) is 6.09 Å². The Morgan fingerprint density at radius 3 is 3.09 bits per heavy atom. The highest BCUT2D eigenvalue weighted by Crippen LogP contribution is 2.30. The third kappa shape index (κ3) is 1.18. The third-order valence-electron chi connectivity index (χ3n) is 2.20. The summed E-state index contributed by atoms with van der Waals surface area (Å²) in [6, 6.07) is 0. The number of nitrogens with zero attached hydrogens (tertiary/aromatic N) is 1. The van der Waals surface area contributed by atoms with E-state index in [0.717, 1.165) is 13.0 Å². The van der Waals surface area contributed by atoms with E-state index < -0.39 is 0 Å². The Hall–Kier alpha value is -0.770. The fourth-order valence-corrected chi connectivity index (χ4v) is 1.48. The molecule has 62 valence electrons. The molecule has 2 saturated heterocycles. The number of ether oxygens (including phenoxy) is 2. The zero-order valence-electron chi connectivity index (χ0n) is 6.45. The fourth-order valence-electron chi connectivity index (χ4n) is 1.48. The first-order chi connectivity index (χ1) is 5.31. The van der Waals surface area contributed by atoms with Gasteiger partial charge in [-0.1, -0.05) is 0 Å². The zero-order valence-corrected chi connectivity index (χ0v) is 6.45. The summed E-state index contributed by atoms with van der Waals surface area (Å²) in [7, 11) is 1.40. The minimum atomic E-state index is -0.237. The van der Waals surface area contributed by atoms with Crippen LogP contribution in [0.2, 0.25) is 0 Å². The van der Waals surface area contributed by atoms with Crippen LogP contribution in [0.4, 0.5) is 4.79 Å². The van der Waals surface area contributed by atoms with Crippen molar-refractivity contribution < 1.29 is 14.3 Å². The van der Waals surface area contributed by atoms with Gasteiger partial charge in [-0.3, -0.25) is 0 Å². The van der Waals surface area contributed by atoms with Crippen molar-refractivity contribution in [3.05, 3.63) is 0 Å². The van der Waals surface area contributed by atoms with Gasteiger partial charge in [0, 0.05) is 6.54 Å². The van der Waals surface area contributed by atoms with Gasteiger partial charge in [-0.25, -0.2) is 4.79 Å². The predicted molar refractivity (Wildman–Crippen MR) is 37.3 cm³/mol. The van der Waals surface area contributed by atoms with Crippen molar-refractivity contribution >= 4 is 6.09 Å². The molecular formula is C7H11NO3. The molecule has 0 radical (unpaired) electrons. The van der Waals surface area contributed by atoms with Gasteiger partial charge < -0.3 is 14.4 Å². The van der Waals surface area contributed by atoms with Crippen LogP contribution >= 0.6 is 0 Å². The van der Waals surface area contributed by atoms with Crippen LogP contribution < -0.4 is 0 Å². The summed E-state index contributed by atoms with van der Waals surface area (Å²) in [6.07, 6.45) is 1.44. The van der Waals surface area contributed by atoms with Gasteiger partial charge in [0.25, 0.3) is 0 Å². The molecular weight excluding hydrogens is 146 g/mol. The largest absolute Gasteiger partial charge is 0.453 e. The molecule has 2 aliphatic rings. The standard InChI is InChI=1S/C7H11NO3/c1-10-7(9)8-3-2-5-6(4-8)11-5/h5-6H,2-4H2,1H3/t5-,6+/m1/s1. The molecule has 0 unspecified atom stereocenters. The number of hydrogen-bond acceptors (Lipinski definition) is 3. The molecule has 4 nitrogen and oxygen atoms in total. The number of epoxide rings is 1. The number of methoxy groups -OCH3 is 1. The van der Waals surface area contributed by atoms with Gasteiger partial charge in [-0.2, -0.15) is 0 Å². The Morgan fingerprint density at radius 1 is 1.64 bits per heavy atom. The molecule has 4 heteroatoms. The van der Waals surface area contributed by atoms with E-state index in [2.05, 4.69) is 4.74 Å². The van der Waals surface area contributed by atoms with Gasteiger partial charge in [0.1, 0.15) is 6.10 Å². The molecule has 2 heterocycles. The molecule has 0 aromatic carbocycles. The molecule has 0 aromatic heterocycles. The fraction of sp³-hybridized carbons (Fsp3) is 0.857. The number of likely N-dealkylation sites (tertiary alicyclic amines) is 1. The number of amides is 1. The Kier molecular flexibility index (Phi) is 1.49. The number of fused-ring (bicyclic) bond motifs is 1. The van der Waals surface area contributed by atoms with Crippen LogP contribution in [0.3, 0.4) is 0 Å². The summed E-state index contributed by atoms with van der Waals surface area (Å²) in [6.45, 7) is 1.48. The van der Waals surface area contributed by atoms with Crippen LogP contribution in [0.15, 0.2) is 0 Å². The topological polar surface area (TPSA) is 42.1 Å². The minimum Gasteiger partial charge on any atom is -0.453 e. The van der Waals surface area contributed by atoms with Crippen LogP contribution in [0.25, 0.3) is 0 Å². The maximum Gasteiger partial charge on any atom is 0.409 e. The van der Waals surface area contributed by atoms with E-state index in [4.69, 9.17) is 4.74 Å². The maximum atomic E-state index is 11.0. The SMILES string of the molecule is COC(=O)N1CC[C@H]2O[C@H]2C1. The van der Waals surface area contributed by atoms with E-state index in [1.165, 1.54) is 7.11 Å². The number of carbonyl (C=O) groups is 1. The number of carbonyl (C=O) groups excluding carboxylic acids is 1. The lowest BCUT2D eigenvalue weighted by molar-refractivity contribution is 0.118. The lowest BCUT2D eigenvalue weighted by Crippen LogP contribution is -2.39. The van der Waals surface area contributed by atoms with E-state index in [1.807, 2.05) is 0 Å². The number of rotatable bonds is 0. The number of hydrogen-bond donors (Lipinski definition) is 0. The van der Waals surface area contributed by atoms with Gasteiger partial charge >= 0.3 is 6.09 Å². The van der Waals surface area contributed by atoms with Gasteiger partial charge in [-0.15, -0.1) is 0 Å². The average Bonchev–Trinajstić information content (AvgIpc) is 2.80. The minimum absolute atomic E-state index is 0.237. The molecule has 2 aliphatic heterocycles. The first kappa shape index (κ1) is 6.91. The first-order valence-corrected chi connectivity index (χ1v) is 3.79. The van der Waals surface area contributed by atoms with Crippen molar-refractivity contribution in [2.75, 3.05) is 20.2 Å². The molecule has 2 fully saturated rings. The van der Waals surface area contributed by atoms with Gasteiger partial charge in [0.05, 0.1) is 19.8 Å². The van der Waals surface area contributed by atoms with E-state index >= 15 is 0 Å². The van der Waals surface area contributed by atoms with Crippen molar-refractivity contribution in [3.8, 4) is 0 Å². The Morgan fingerprint density at radius 2 is 2.45 bits per heavy atom. The summed E-state index contributed by atoms with van der Waals surface area (Å²) in [5.74, 6) is 0. The lowest BCUT2D eigenvalue weighted by Gasteiger charge is -2.22. The highest BCUT2D eigenvalue weighted by atomic mass is 16.6. The molecule has 2 rings (SSSR count). The van der Waals surface area contributed by atoms with Crippen LogP contribution in [0, 0.1) is 0 Å². The molecule has 0 saturated carbocycles. The molecule has 1 amide bonds. The maximum absolute atomic E-state index is 11.0. The summed E-state index contributed by atoms with van der Waals surface area (Å²) >= 11 is 0. The van der Waals surface area contributed by atoms with Crippen LogP contribution in [-0.2, 0) is 9.47 Å². The molecule has 0 aliphatic carbocycles. The van der Waals surface area contributed by atoms with Crippen LogP contribution in [0.5, 0.6) is 0 Å². The molecule has 11 heavy (non-hydrogen) atoms. The molecule has 0 N–H and O–H groups in total. The average molecular weight is 157 g/mol. The van der Waals surface area contributed by atoms with E-state index in [0.29, 0.717) is 18.8 Å². The summed E-state index contributed by atoms with van der Waals surface area (Å²) in [4.78, 5) is 12.7. The monoisotopic (exact) mass is 157 g/mol. The molecule has 0 aromatic rings. The lowest BCUT2D eigenvalue weighted by atomic mass is 10.1. The Balaban J connectivity index is 1.89. The number of piperidine rings is 1. The van der Waals surface area contributed by atoms with E-state index in [9.17, 15) is 4.79 Å². The smallest absolute Gasteiger partial charge is 0.409 e. The molecule has 2 atom stereocenters. The Bertz CT molecular complexity index is 183. The highest BCUT2D eigenvalue weighted by Gasteiger charge is 2.44. The zero-order chi connectivity index (χ0) is 7.84. The van der Waals surface area contributed by atoms with Gasteiger partial charge in [0.15, 0.2) is 0 Å². The third-order valence-corrected chi connectivity index (χ3v) is 2.20. The predicted octanol–water partition coefficient (Wildman–Crippen LogP) is 0.226. The van der Waals surface area contributed by atoms with Crippen molar-refractivity contribution in [1.82, 2.24) is 4.90 Å². The molecule has 0 bridgehead atoms. The van der Waals surface area contributed by atoms with Gasteiger partial charge in [0.2, 0.25) is 0 Å². The Labute approximate surface area is 65.1 Å². The van der Waals surface area contributed by atoms with Crippen molar-refractivity contribution in [2.24, 2.45) is 0 Å². The van der Waals surface area contributed by atoms with E-state index in [1.54, 1.807) is 4.90 Å². The summed E-state index contributed by atoms with van der Waals surface area (Å²) < 4.78 is 9.84. The second kappa shape index (κ2) is 2.37. The van der Waals surface area contributed by atoms with Crippen molar-refractivity contribution in [2.45, 2.75) is 18.6 Å². The normalized spacial score (nSPS) is 34.5. The summed E-state index contributed by atoms with van der Waals surface area (Å²) in [5.41, 5.74) is 0. The highest BCUT2D eigenvalue weighted by molar-refractivity contribution is 5.67. The van der Waals surface area contributed by atoms with Crippen LogP contribution in [-0.4, -0.2) is 43.4 Å². The second-order valence-electron chi connectivity index (χ2n) is 2.92. The molecule has 0 spiro atoms. The second-order valence-corrected chi connectivity index (χ2v) is 2.92. The quantitative estimate of drug-likeness (QED) is 0.472. The first-order valence-electron chi connectivity index (χ1n) is 3.79. The van der Waals surface area contributed by atoms with Crippen LogP contribution in [0.1, 0.15) is 6.42 Å². The van der Waals surface area contributed by atoms with Gasteiger partial charge in [-0.05, 0) is 6.42 Å². The van der Waals surface area contributed by atoms with Crippen molar-refractivity contribution in [1.29, 1.82) is 0 Å².